The van der Waals surface area contributed by atoms with Gasteiger partial charge in [0.1, 0.15) is 0 Å². The number of piperidine rings is 2. The Hall–Kier alpha value is -2.21. The quantitative estimate of drug-likeness (QED) is 0.600. The first-order chi connectivity index (χ1) is 14.6. The Labute approximate surface area is 178 Å². The van der Waals surface area contributed by atoms with Crippen molar-refractivity contribution >= 4 is 5.91 Å². The van der Waals surface area contributed by atoms with E-state index in [0.717, 1.165) is 42.5 Å². The lowest BCUT2D eigenvalue weighted by molar-refractivity contribution is -0.0854. The van der Waals surface area contributed by atoms with Crippen LogP contribution in [0.5, 0.6) is 0 Å². The van der Waals surface area contributed by atoms with Gasteiger partial charge in [-0.05, 0) is 73.9 Å². The van der Waals surface area contributed by atoms with Crippen molar-refractivity contribution in [1.29, 1.82) is 0 Å². The molecule has 0 aliphatic carbocycles. The molecule has 3 aliphatic heterocycles. The molecular formula is C25H31N3O2. The molecule has 0 radical (unpaired) electrons. The summed E-state index contributed by atoms with van der Waals surface area (Å²) in [5.74, 6) is 0.439. The van der Waals surface area contributed by atoms with Crippen LogP contribution in [0.4, 0.5) is 0 Å². The molecule has 3 aliphatic rings. The van der Waals surface area contributed by atoms with Gasteiger partial charge in [-0.3, -0.25) is 14.9 Å². The zero-order valence-corrected chi connectivity index (χ0v) is 17.6. The molecular weight excluding hydrogens is 374 g/mol. The molecule has 1 amide bonds. The molecule has 5 rings (SSSR count). The largest absolute Gasteiger partial charge is 0.314 e. The van der Waals surface area contributed by atoms with E-state index in [0.29, 0.717) is 17.6 Å². The van der Waals surface area contributed by atoms with E-state index >= 15 is 0 Å². The second-order valence-electron chi connectivity index (χ2n) is 9.11. The smallest absolute Gasteiger partial charge is 0.277 e. The Morgan fingerprint density at radius 1 is 1.23 bits per heavy atom. The second-order valence-corrected chi connectivity index (χ2v) is 9.11. The van der Waals surface area contributed by atoms with Gasteiger partial charge < -0.3 is 5.32 Å². The fraction of sp³-hybridized carbons (Fsp3) is 0.480. The van der Waals surface area contributed by atoms with Crippen LogP contribution in [-0.2, 0) is 6.42 Å². The van der Waals surface area contributed by atoms with E-state index in [-0.39, 0.29) is 5.91 Å². The summed E-state index contributed by atoms with van der Waals surface area (Å²) < 4.78 is 0. The number of hydroxylamine groups is 2. The van der Waals surface area contributed by atoms with Crippen LogP contribution in [0.15, 0.2) is 48.5 Å². The Balaban J connectivity index is 1.35. The van der Waals surface area contributed by atoms with Crippen molar-refractivity contribution in [1.82, 2.24) is 15.3 Å². The van der Waals surface area contributed by atoms with Gasteiger partial charge in [0.05, 0.1) is 6.04 Å². The Kier molecular flexibility index (Phi) is 5.35. The van der Waals surface area contributed by atoms with Crippen molar-refractivity contribution in [2.45, 2.75) is 50.7 Å². The van der Waals surface area contributed by atoms with Crippen molar-refractivity contribution in [3.8, 4) is 0 Å². The summed E-state index contributed by atoms with van der Waals surface area (Å²) >= 11 is 0. The molecule has 3 heterocycles. The lowest BCUT2D eigenvalue weighted by atomic mass is 9.77. The zero-order valence-electron chi connectivity index (χ0n) is 17.6. The van der Waals surface area contributed by atoms with Crippen LogP contribution < -0.4 is 5.32 Å². The van der Waals surface area contributed by atoms with Gasteiger partial charge in [-0.25, -0.2) is 5.06 Å². The van der Waals surface area contributed by atoms with Crippen LogP contribution in [0.3, 0.4) is 0 Å². The van der Waals surface area contributed by atoms with Crippen molar-refractivity contribution in [3.63, 3.8) is 0 Å². The molecule has 158 valence electrons. The first-order valence-electron chi connectivity index (χ1n) is 11.3. The van der Waals surface area contributed by atoms with Crippen LogP contribution >= 0.6 is 0 Å². The van der Waals surface area contributed by atoms with Gasteiger partial charge in [-0.1, -0.05) is 36.4 Å². The van der Waals surface area contributed by atoms with Crippen LogP contribution in [0.25, 0.3) is 0 Å². The predicted octanol–water partition coefficient (Wildman–Crippen LogP) is 3.95. The van der Waals surface area contributed by atoms with Crippen LogP contribution in [0.2, 0.25) is 0 Å². The van der Waals surface area contributed by atoms with Gasteiger partial charge in [-0.15, -0.1) is 0 Å². The Morgan fingerprint density at radius 3 is 2.90 bits per heavy atom. The molecule has 4 atom stereocenters. The van der Waals surface area contributed by atoms with E-state index in [1.165, 1.54) is 30.5 Å². The van der Waals surface area contributed by atoms with Gasteiger partial charge in [0.2, 0.25) is 0 Å². The van der Waals surface area contributed by atoms with Gasteiger partial charge >= 0.3 is 0 Å². The minimum atomic E-state index is -0.391. The molecule has 2 aromatic rings. The van der Waals surface area contributed by atoms with Gasteiger partial charge in [-0.2, -0.15) is 0 Å². The molecule has 5 heteroatoms. The fourth-order valence-electron chi connectivity index (χ4n) is 5.63. The molecule has 2 aromatic carbocycles. The highest BCUT2D eigenvalue weighted by Crippen LogP contribution is 2.40. The highest BCUT2D eigenvalue weighted by Gasteiger charge is 2.39. The first kappa shape index (κ1) is 19.7. The minimum Gasteiger partial charge on any atom is -0.314 e. The molecule has 0 bridgehead atoms. The van der Waals surface area contributed by atoms with Crippen LogP contribution in [0, 0.1) is 5.92 Å². The lowest BCUT2D eigenvalue weighted by Crippen LogP contribution is -2.54. The number of hydrogen-bond donors (Lipinski definition) is 2. The highest BCUT2D eigenvalue weighted by molar-refractivity contribution is 5.94. The molecule has 0 unspecified atom stereocenters. The molecule has 0 saturated carbocycles. The SMILES string of the molecule is C[C@H](c1ccccc1)N(O)C(=O)c1ccc2c(c1)CCN1C[C@@H]3CCCN[C@@H]3C[C@H]21. The van der Waals surface area contributed by atoms with E-state index in [4.69, 9.17) is 0 Å². The summed E-state index contributed by atoms with van der Waals surface area (Å²) in [7, 11) is 0. The van der Waals surface area contributed by atoms with E-state index in [2.05, 4.69) is 16.3 Å². The molecule has 30 heavy (non-hydrogen) atoms. The maximum atomic E-state index is 13.0. The van der Waals surface area contributed by atoms with E-state index in [9.17, 15) is 10.0 Å². The van der Waals surface area contributed by atoms with Crippen molar-refractivity contribution < 1.29 is 10.0 Å². The summed E-state index contributed by atoms with van der Waals surface area (Å²) in [4.78, 5) is 15.6. The van der Waals surface area contributed by atoms with Crippen molar-refractivity contribution in [2.75, 3.05) is 19.6 Å². The Morgan fingerprint density at radius 2 is 2.07 bits per heavy atom. The van der Waals surface area contributed by atoms with Gasteiger partial charge in [0, 0.05) is 30.7 Å². The third kappa shape index (κ3) is 3.55. The molecule has 5 nitrogen and oxygen atoms in total. The maximum Gasteiger partial charge on any atom is 0.277 e. The fourth-order valence-corrected chi connectivity index (χ4v) is 5.63. The zero-order chi connectivity index (χ0) is 20.7. The van der Waals surface area contributed by atoms with E-state index < -0.39 is 6.04 Å². The van der Waals surface area contributed by atoms with E-state index in [1.807, 2.05) is 49.4 Å². The van der Waals surface area contributed by atoms with Crippen molar-refractivity contribution in [3.05, 3.63) is 70.8 Å². The second kappa shape index (κ2) is 8.14. The normalized spacial score (nSPS) is 26.8. The maximum absolute atomic E-state index is 13.0. The Bertz CT molecular complexity index is 916. The average molecular weight is 406 g/mol. The van der Waals surface area contributed by atoms with Gasteiger partial charge in [0.15, 0.2) is 0 Å². The number of benzene rings is 2. The summed E-state index contributed by atoms with van der Waals surface area (Å²) in [6.45, 7) is 5.22. The predicted molar refractivity (Wildman–Crippen MR) is 116 cm³/mol. The topological polar surface area (TPSA) is 55.8 Å². The summed E-state index contributed by atoms with van der Waals surface area (Å²) in [5, 5.41) is 15.2. The lowest BCUT2D eigenvalue weighted by Gasteiger charge is -2.49. The molecule has 2 saturated heterocycles. The number of nitrogens with zero attached hydrogens (tertiary/aromatic N) is 2. The summed E-state index contributed by atoms with van der Waals surface area (Å²) in [6, 6.07) is 16.3. The summed E-state index contributed by atoms with van der Waals surface area (Å²) in [5.41, 5.74) is 4.11. The summed E-state index contributed by atoms with van der Waals surface area (Å²) in [6.07, 6.45) is 4.76. The third-order valence-corrected chi connectivity index (χ3v) is 7.39. The molecule has 0 aromatic heterocycles. The first-order valence-corrected chi connectivity index (χ1v) is 11.3. The van der Waals surface area contributed by atoms with Gasteiger partial charge in [0.25, 0.3) is 5.91 Å². The number of nitrogens with one attached hydrogen (secondary N) is 1. The van der Waals surface area contributed by atoms with Crippen LogP contribution in [-0.4, -0.2) is 46.8 Å². The average Bonchev–Trinajstić information content (AvgIpc) is 2.81. The number of amides is 1. The number of carbonyl (C=O) groups is 1. The number of rotatable bonds is 3. The molecule has 0 spiro atoms. The standard InChI is InChI=1S/C25H31N3O2/c1-17(18-6-3-2-4-7-18)28(30)25(29)20-9-10-22-19(14-20)11-13-27-16-21-8-5-12-26-23(21)15-24(22)27/h2-4,6-7,9-10,14,17,21,23-24,26,30H,5,8,11-13,15-16H2,1H3/t17-,21+,23-,24-/m1/s1. The monoisotopic (exact) mass is 405 g/mol. The van der Waals surface area contributed by atoms with Crippen molar-refractivity contribution in [2.24, 2.45) is 5.92 Å². The number of carbonyl (C=O) groups excluding carboxylic acids is 1. The van der Waals surface area contributed by atoms with E-state index in [1.54, 1.807) is 0 Å². The molecule has 2 fully saturated rings. The number of hydrogen-bond acceptors (Lipinski definition) is 4. The third-order valence-electron chi connectivity index (χ3n) is 7.39. The minimum absolute atomic E-state index is 0.339. The number of fused-ring (bicyclic) bond motifs is 4. The highest BCUT2D eigenvalue weighted by atomic mass is 16.5. The molecule has 2 N–H and O–H groups in total. The van der Waals surface area contributed by atoms with Crippen LogP contribution in [0.1, 0.15) is 65.3 Å².